The molecular formula is C19H21NO2. The van der Waals surface area contributed by atoms with E-state index in [4.69, 9.17) is 0 Å². The van der Waals surface area contributed by atoms with Gasteiger partial charge in [-0.2, -0.15) is 0 Å². The molecule has 3 rings (SSSR count). The minimum atomic E-state index is -0.816. The van der Waals surface area contributed by atoms with Crippen LogP contribution in [0.4, 0.5) is 0 Å². The molecule has 0 aliphatic carbocycles. The van der Waals surface area contributed by atoms with Gasteiger partial charge in [0.1, 0.15) is 0 Å². The van der Waals surface area contributed by atoms with Crippen molar-refractivity contribution in [2.24, 2.45) is 0 Å². The summed E-state index contributed by atoms with van der Waals surface area (Å²) in [5.74, 6) is -0.476. The van der Waals surface area contributed by atoms with Crippen molar-refractivity contribution >= 4 is 5.97 Å². The number of carboxylic acid groups (broad SMARTS) is 1. The van der Waals surface area contributed by atoms with Crippen LogP contribution in [0.25, 0.3) is 0 Å². The van der Waals surface area contributed by atoms with Crippen molar-refractivity contribution in [3.05, 3.63) is 70.8 Å². The van der Waals surface area contributed by atoms with Crippen molar-refractivity contribution in [2.75, 3.05) is 13.1 Å². The lowest BCUT2D eigenvalue weighted by Crippen LogP contribution is -2.28. The van der Waals surface area contributed by atoms with Crippen LogP contribution >= 0.6 is 0 Å². The second-order valence-electron chi connectivity index (χ2n) is 5.87. The zero-order chi connectivity index (χ0) is 15.4. The van der Waals surface area contributed by atoms with Crippen molar-refractivity contribution in [1.29, 1.82) is 0 Å². The third-order valence-electron chi connectivity index (χ3n) is 4.41. The number of carbonyl (C=O) groups is 1. The van der Waals surface area contributed by atoms with E-state index in [1.807, 2.05) is 24.3 Å². The molecule has 0 radical (unpaired) electrons. The average molecular weight is 295 g/mol. The number of hydrogen-bond acceptors (Lipinski definition) is 2. The molecule has 1 heterocycles. The molecule has 1 aliphatic heterocycles. The Hall–Kier alpha value is -2.13. The van der Waals surface area contributed by atoms with Gasteiger partial charge in [-0.3, -0.25) is 0 Å². The van der Waals surface area contributed by atoms with Crippen LogP contribution in [-0.2, 0) is 6.42 Å². The van der Waals surface area contributed by atoms with E-state index in [1.165, 1.54) is 5.56 Å². The van der Waals surface area contributed by atoms with Crippen LogP contribution < -0.4 is 5.32 Å². The number of carboxylic acids is 1. The SMILES string of the molecule is O=C(O)c1cccc(Cc2ccccc2)c1C1CCNCC1. The van der Waals surface area contributed by atoms with Crippen molar-refractivity contribution < 1.29 is 9.90 Å². The number of benzene rings is 2. The molecule has 0 aromatic heterocycles. The van der Waals surface area contributed by atoms with Gasteiger partial charge in [0.05, 0.1) is 5.56 Å². The van der Waals surface area contributed by atoms with Crippen molar-refractivity contribution in [2.45, 2.75) is 25.2 Å². The number of piperidine rings is 1. The van der Waals surface area contributed by atoms with Gasteiger partial charge in [0, 0.05) is 0 Å². The quantitative estimate of drug-likeness (QED) is 0.908. The molecule has 3 heteroatoms. The zero-order valence-electron chi connectivity index (χ0n) is 12.6. The molecular weight excluding hydrogens is 274 g/mol. The van der Waals surface area contributed by atoms with E-state index in [9.17, 15) is 9.90 Å². The van der Waals surface area contributed by atoms with Crippen LogP contribution in [-0.4, -0.2) is 24.2 Å². The molecule has 0 unspecified atom stereocenters. The molecule has 2 N–H and O–H groups in total. The fourth-order valence-electron chi connectivity index (χ4n) is 3.36. The summed E-state index contributed by atoms with van der Waals surface area (Å²) in [6.45, 7) is 1.92. The Morgan fingerprint density at radius 1 is 1.05 bits per heavy atom. The number of nitrogens with one attached hydrogen (secondary N) is 1. The lowest BCUT2D eigenvalue weighted by molar-refractivity contribution is 0.0694. The van der Waals surface area contributed by atoms with E-state index in [-0.39, 0.29) is 0 Å². The van der Waals surface area contributed by atoms with Crippen LogP contribution in [0.1, 0.15) is 45.8 Å². The first-order valence-corrected chi connectivity index (χ1v) is 7.85. The average Bonchev–Trinajstić information content (AvgIpc) is 2.56. The Balaban J connectivity index is 2.00. The predicted octanol–water partition coefficient (Wildman–Crippen LogP) is 3.44. The lowest BCUT2D eigenvalue weighted by Gasteiger charge is -2.26. The fraction of sp³-hybridized carbons (Fsp3) is 0.316. The Labute approximate surface area is 131 Å². The molecule has 1 aliphatic rings. The standard InChI is InChI=1S/C19H21NO2/c21-19(22)17-8-4-7-16(13-14-5-2-1-3-6-14)18(17)15-9-11-20-12-10-15/h1-8,15,20H,9-13H2,(H,21,22). The van der Waals surface area contributed by atoms with E-state index >= 15 is 0 Å². The predicted molar refractivity (Wildman–Crippen MR) is 87.5 cm³/mol. The molecule has 2 aromatic rings. The summed E-state index contributed by atoms with van der Waals surface area (Å²) in [4.78, 5) is 11.7. The van der Waals surface area contributed by atoms with Gasteiger partial charge in [0.15, 0.2) is 0 Å². The van der Waals surface area contributed by atoms with E-state index in [1.54, 1.807) is 6.07 Å². The summed E-state index contributed by atoms with van der Waals surface area (Å²) in [5, 5.41) is 12.9. The molecule has 1 saturated heterocycles. The maximum atomic E-state index is 11.7. The van der Waals surface area contributed by atoms with Crippen molar-refractivity contribution in [1.82, 2.24) is 5.32 Å². The number of rotatable bonds is 4. The maximum Gasteiger partial charge on any atom is 0.335 e. The second kappa shape index (κ2) is 6.75. The normalized spacial score (nSPS) is 15.6. The molecule has 1 fully saturated rings. The van der Waals surface area contributed by atoms with Crippen molar-refractivity contribution in [3.63, 3.8) is 0 Å². The Morgan fingerprint density at radius 2 is 1.77 bits per heavy atom. The van der Waals surface area contributed by atoms with E-state index in [0.717, 1.165) is 43.5 Å². The minimum absolute atomic E-state index is 0.340. The Bertz CT molecular complexity index is 646. The van der Waals surface area contributed by atoms with Gasteiger partial charge < -0.3 is 10.4 Å². The summed E-state index contributed by atoms with van der Waals surface area (Å²) < 4.78 is 0. The molecule has 0 amide bonds. The highest BCUT2D eigenvalue weighted by molar-refractivity contribution is 5.90. The molecule has 0 bridgehead atoms. The van der Waals surface area contributed by atoms with E-state index in [0.29, 0.717) is 11.5 Å². The summed E-state index contributed by atoms with van der Waals surface area (Å²) in [7, 11) is 0. The summed E-state index contributed by atoms with van der Waals surface area (Å²) >= 11 is 0. The van der Waals surface area contributed by atoms with Gasteiger partial charge in [-0.05, 0) is 61.0 Å². The number of aromatic carboxylic acids is 1. The molecule has 2 aromatic carbocycles. The van der Waals surface area contributed by atoms with Gasteiger partial charge in [0.25, 0.3) is 0 Å². The zero-order valence-corrected chi connectivity index (χ0v) is 12.6. The first kappa shape index (κ1) is 14.8. The van der Waals surface area contributed by atoms with E-state index in [2.05, 4.69) is 23.5 Å². The lowest BCUT2D eigenvalue weighted by atomic mass is 9.82. The van der Waals surface area contributed by atoms with Crippen LogP contribution in [0.2, 0.25) is 0 Å². The third-order valence-corrected chi connectivity index (χ3v) is 4.41. The van der Waals surface area contributed by atoms with Gasteiger partial charge in [-0.25, -0.2) is 4.79 Å². The highest BCUT2D eigenvalue weighted by atomic mass is 16.4. The Kier molecular flexibility index (Phi) is 4.54. The van der Waals surface area contributed by atoms with Crippen molar-refractivity contribution in [3.8, 4) is 0 Å². The van der Waals surface area contributed by atoms with Gasteiger partial charge in [-0.15, -0.1) is 0 Å². The summed E-state index contributed by atoms with van der Waals surface area (Å²) in [6, 6.07) is 15.9. The summed E-state index contributed by atoms with van der Waals surface area (Å²) in [5.41, 5.74) is 3.89. The highest BCUT2D eigenvalue weighted by Gasteiger charge is 2.23. The number of hydrogen-bond donors (Lipinski definition) is 2. The largest absolute Gasteiger partial charge is 0.478 e. The molecule has 3 nitrogen and oxygen atoms in total. The first-order valence-electron chi connectivity index (χ1n) is 7.85. The van der Waals surface area contributed by atoms with Crippen LogP contribution in [0.3, 0.4) is 0 Å². The smallest absolute Gasteiger partial charge is 0.335 e. The Morgan fingerprint density at radius 3 is 2.45 bits per heavy atom. The minimum Gasteiger partial charge on any atom is -0.478 e. The van der Waals surface area contributed by atoms with Gasteiger partial charge in [0.2, 0.25) is 0 Å². The molecule has 0 spiro atoms. The fourth-order valence-corrected chi connectivity index (χ4v) is 3.36. The molecule has 114 valence electrons. The monoisotopic (exact) mass is 295 g/mol. The maximum absolute atomic E-state index is 11.7. The highest BCUT2D eigenvalue weighted by Crippen LogP contribution is 2.32. The van der Waals surface area contributed by atoms with Gasteiger partial charge >= 0.3 is 5.97 Å². The van der Waals surface area contributed by atoms with Crippen LogP contribution in [0.15, 0.2) is 48.5 Å². The second-order valence-corrected chi connectivity index (χ2v) is 5.87. The summed E-state index contributed by atoms with van der Waals surface area (Å²) in [6.07, 6.45) is 2.80. The van der Waals surface area contributed by atoms with Crippen LogP contribution in [0.5, 0.6) is 0 Å². The van der Waals surface area contributed by atoms with E-state index < -0.39 is 5.97 Å². The molecule has 0 saturated carbocycles. The topological polar surface area (TPSA) is 49.3 Å². The molecule has 0 atom stereocenters. The van der Waals surface area contributed by atoms with Crippen LogP contribution in [0, 0.1) is 0 Å². The first-order chi connectivity index (χ1) is 10.8. The molecule has 22 heavy (non-hydrogen) atoms. The third kappa shape index (κ3) is 3.20. The van der Waals surface area contributed by atoms with Gasteiger partial charge in [-0.1, -0.05) is 42.5 Å².